The van der Waals surface area contributed by atoms with E-state index in [1.54, 1.807) is 19.0 Å². The lowest BCUT2D eigenvalue weighted by atomic mass is 10.1. The van der Waals surface area contributed by atoms with Crippen molar-refractivity contribution >= 4 is 23.6 Å². The molecule has 3 rings (SSSR count). The van der Waals surface area contributed by atoms with Gasteiger partial charge in [-0.1, -0.05) is 6.07 Å². The largest absolute Gasteiger partial charge is 0.347 e. The first-order valence-corrected chi connectivity index (χ1v) is 8.60. The number of benzene rings is 1. The van der Waals surface area contributed by atoms with Crippen molar-refractivity contribution in [3.8, 4) is 0 Å². The molecule has 0 unspecified atom stereocenters. The number of likely N-dealkylation sites (N-methyl/N-ethyl adjacent to an activating group) is 1. The van der Waals surface area contributed by atoms with Gasteiger partial charge in [0, 0.05) is 37.2 Å². The van der Waals surface area contributed by atoms with Crippen LogP contribution < -0.4 is 0 Å². The van der Waals surface area contributed by atoms with Gasteiger partial charge in [-0.05, 0) is 18.6 Å². The fourth-order valence-corrected chi connectivity index (χ4v) is 4.18. The normalized spacial score (nSPS) is 26.3. The van der Waals surface area contributed by atoms with E-state index in [0.717, 1.165) is 0 Å². The molecule has 23 heavy (non-hydrogen) atoms. The van der Waals surface area contributed by atoms with Gasteiger partial charge in [-0.3, -0.25) is 9.59 Å². The predicted molar refractivity (Wildman–Crippen MR) is 83.9 cm³/mol. The van der Waals surface area contributed by atoms with Crippen LogP contribution in [-0.2, 0) is 9.59 Å². The zero-order valence-corrected chi connectivity index (χ0v) is 13.8. The van der Waals surface area contributed by atoms with Crippen LogP contribution >= 0.6 is 11.8 Å². The second-order valence-corrected chi connectivity index (χ2v) is 7.14. The van der Waals surface area contributed by atoms with E-state index in [-0.39, 0.29) is 17.4 Å². The van der Waals surface area contributed by atoms with Crippen molar-refractivity contribution < 1.29 is 18.4 Å². The molecular formula is C16H18F2N2O2S. The van der Waals surface area contributed by atoms with Crippen molar-refractivity contribution in [1.82, 2.24) is 9.80 Å². The molecule has 0 spiro atoms. The van der Waals surface area contributed by atoms with Crippen LogP contribution in [0.1, 0.15) is 17.9 Å². The number of nitrogens with zero attached hydrogens (tertiary/aromatic N) is 2. The number of thioether (sulfide) groups is 1. The maximum absolute atomic E-state index is 13.8. The third-order valence-corrected chi connectivity index (χ3v) is 5.38. The number of carbonyl (C=O) groups excluding carboxylic acids is 2. The summed E-state index contributed by atoms with van der Waals surface area (Å²) in [6, 6.07) is 3.26. The van der Waals surface area contributed by atoms with Crippen molar-refractivity contribution in [2.24, 2.45) is 5.92 Å². The van der Waals surface area contributed by atoms with Crippen LogP contribution in [0.4, 0.5) is 8.78 Å². The van der Waals surface area contributed by atoms with Crippen molar-refractivity contribution in [3.05, 3.63) is 35.4 Å². The monoisotopic (exact) mass is 340 g/mol. The summed E-state index contributed by atoms with van der Waals surface area (Å²) in [7, 11) is 3.31. The first kappa shape index (κ1) is 16.2. The molecule has 0 N–H and O–H groups in total. The molecule has 0 radical (unpaired) electrons. The number of hydrogen-bond acceptors (Lipinski definition) is 3. The Morgan fingerprint density at radius 1 is 1.26 bits per heavy atom. The van der Waals surface area contributed by atoms with Gasteiger partial charge < -0.3 is 9.80 Å². The fourth-order valence-electron chi connectivity index (χ4n) is 3.03. The quantitative estimate of drug-likeness (QED) is 0.846. The third-order valence-electron chi connectivity index (χ3n) is 4.37. The lowest BCUT2D eigenvalue weighted by Gasteiger charge is -2.25. The van der Waals surface area contributed by atoms with Gasteiger partial charge >= 0.3 is 0 Å². The Kier molecular flexibility index (Phi) is 4.31. The van der Waals surface area contributed by atoms with E-state index < -0.39 is 29.5 Å². The average molecular weight is 340 g/mol. The zero-order chi connectivity index (χ0) is 16.7. The van der Waals surface area contributed by atoms with Crippen LogP contribution in [0, 0.1) is 17.6 Å². The highest BCUT2D eigenvalue weighted by molar-refractivity contribution is 7.99. The molecule has 124 valence electrons. The number of hydrogen-bond donors (Lipinski definition) is 0. The van der Waals surface area contributed by atoms with Crippen LogP contribution in [0.5, 0.6) is 0 Å². The van der Waals surface area contributed by atoms with Gasteiger partial charge in [-0.25, -0.2) is 8.78 Å². The van der Waals surface area contributed by atoms with Gasteiger partial charge in [0.2, 0.25) is 11.8 Å². The summed E-state index contributed by atoms with van der Waals surface area (Å²) in [6.07, 6.45) is 0.431. The molecule has 0 aromatic heterocycles. The molecule has 2 aliphatic rings. The minimum Gasteiger partial charge on any atom is -0.347 e. The Balaban J connectivity index is 1.74. The van der Waals surface area contributed by atoms with Gasteiger partial charge in [-0.2, -0.15) is 0 Å². The van der Waals surface area contributed by atoms with E-state index in [1.165, 1.54) is 34.9 Å². The zero-order valence-electron chi connectivity index (χ0n) is 13.0. The highest BCUT2D eigenvalue weighted by Gasteiger charge is 2.50. The summed E-state index contributed by atoms with van der Waals surface area (Å²) in [5, 5.41) is 0. The van der Waals surface area contributed by atoms with E-state index in [2.05, 4.69) is 0 Å². The molecule has 1 aromatic carbocycles. The first-order chi connectivity index (χ1) is 10.9. The van der Waals surface area contributed by atoms with E-state index in [4.69, 9.17) is 0 Å². The molecule has 2 fully saturated rings. The summed E-state index contributed by atoms with van der Waals surface area (Å²) in [6.45, 7) is 0. The second kappa shape index (κ2) is 6.11. The van der Waals surface area contributed by atoms with E-state index in [1.807, 2.05) is 0 Å². The Hall–Kier alpha value is -1.63. The molecule has 0 bridgehead atoms. The van der Waals surface area contributed by atoms with Crippen LogP contribution in [-0.4, -0.2) is 53.4 Å². The molecule has 1 saturated heterocycles. The highest BCUT2D eigenvalue weighted by atomic mass is 32.2. The van der Waals surface area contributed by atoms with Gasteiger partial charge in [0.15, 0.2) is 0 Å². The average Bonchev–Trinajstić information content (AvgIpc) is 3.12. The van der Waals surface area contributed by atoms with Crippen LogP contribution in [0.3, 0.4) is 0 Å². The molecule has 7 heteroatoms. The molecule has 1 aliphatic heterocycles. The maximum atomic E-state index is 13.8. The van der Waals surface area contributed by atoms with Gasteiger partial charge in [-0.15, -0.1) is 11.8 Å². The van der Waals surface area contributed by atoms with E-state index in [9.17, 15) is 18.4 Å². The third kappa shape index (κ3) is 2.94. The van der Waals surface area contributed by atoms with Crippen LogP contribution in [0.15, 0.2) is 18.2 Å². The lowest BCUT2D eigenvalue weighted by Crippen LogP contribution is -2.47. The Bertz CT molecular complexity index is 633. The number of halogens is 2. The summed E-state index contributed by atoms with van der Waals surface area (Å²) >= 11 is 1.52. The second-order valence-electron chi connectivity index (χ2n) is 6.14. The van der Waals surface area contributed by atoms with Gasteiger partial charge in [0.05, 0.1) is 5.88 Å². The lowest BCUT2D eigenvalue weighted by molar-refractivity contribution is -0.142. The Morgan fingerprint density at radius 3 is 2.52 bits per heavy atom. The highest BCUT2D eigenvalue weighted by Crippen LogP contribution is 2.50. The summed E-state index contributed by atoms with van der Waals surface area (Å²) in [5.41, 5.74) is -0.00631. The van der Waals surface area contributed by atoms with Crippen molar-refractivity contribution in [3.63, 3.8) is 0 Å². The topological polar surface area (TPSA) is 40.6 Å². The van der Waals surface area contributed by atoms with E-state index in [0.29, 0.717) is 18.1 Å². The molecule has 1 saturated carbocycles. The van der Waals surface area contributed by atoms with Crippen LogP contribution in [0.25, 0.3) is 0 Å². The molecule has 4 nitrogen and oxygen atoms in total. The maximum Gasteiger partial charge on any atom is 0.245 e. The minimum atomic E-state index is -0.609. The number of carbonyl (C=O) groups is 2. The Morgan fingerprint density at radius 2 is 1.91 bits per heavy atom. The summed E-state index contributed by atoms with van der Waals surface area (Å²) in [4.78, 5) is 27.8. The molecule has 1 aromatic rings. The molecule has 1 aliphatic carbocycles. The summed E-state index contributed by atoms with van der Waals surface area (Å²) < 4.78 is 27.7. The van der Waals surface area contributed by atoms with Gasteiger partial charge in [0.1, 0.15) is 17.7 Å². The van der Waals surface area contributed by atoms with Gasteiger partial charge in [0.25, 0.3) is 0 Å². The molecule has 2 amide bonds. The van der Waals surface area contributed by atoms with Crippen LogP contribution in [0.2, 0.25) is 0 Å². The van der Waals surface area contributed by atoms with E-state index >= 15 is 0 Å². The van der Waals surface area contributed by atoms with Crippen molar-refractivity contribution in [2.75, 3.05) is 25.7 Å². The van der Waals surface area contributed by atoms with Crippen molar-refractivity contribution in [1.29, 1.82) is 0 Å². The molecular weight excluding hydrogens is 322 g/mol. The number of rotatable bonds is 3. The molecule has 3 atom stereocenters. The molecule has 1 heterocycles. The SMILES string of the molecule is CN(C)C(=O)[C@@H]1CSCN1C(=O)[C@H]1C[C@H]1c1c(F)cccc1F. The summed E-state index contributed by atoms with van der Waals surface area (Å²) in [5.74, 6) is -1.35. The van der Waals surface area contributed by atoms with Crippen molar-refractivity contribution in [2.45, 2.75) is 18.4 Å². The smallest absolute Gasteiger partial charge is 0.245 e. The Labute approximate surface area is 137 Å². The predicted octanol–water partition coefficient (Wildman–Crippen LogP) is 2.06. The number of amides is 2. The minimum absolute atomic E-state index is 0.00631. The fraction of sp³-hybridized carbons (Fsp3) is 0.500. The standard InChI is InChI=1S/C16H18F2N2O2S/c1-19(2)16(22)13-7-23-8-20(13)15(21)10-6-9(10)14-11(17)4-3-5-12(14)18/h3-5,9-10,13H,6-8H2,1-2H3/t9-,10+,13+/m1/s1. The first-order valence-electron chi connectivity index (χ1n) is 7.45.